The van der Waals surface area contributed by atoms with Crippen molar-refractivity contribution < 1.29 is 0 Å². The molecule has 0 saturated carbocycles. The fourth-order valence-electron chi connectivity index (χ4n) is 3.74. The molecule has 21 heavy (non-hydrogen) atoms. The van der Waals surface area contributed by atoms with Crippen LogP contribution in [0.3, 0.4) is 0 Å². The van der Waals surface area contributed by atoms with Gasteiger partial charge in [0.2, 0.25) is 0 Å². The second-order valence-electron chi connectivity index (χ2n) is 7.11. The molecule has 3 rings (SSSR count). The van der Waals surface area contributed by atoms with Crippen LogP contribution in [-0.4, -0.2) is 42.6 Å². The molecule has 0 aromatic carbocycles. The van der Waals surface area contributed by atoms with Crippen LogP contribution in [0.4, 0.5) is 5.82 Å². The molecule has 116 valence electrons. The predicted molar refractivity (Wildman–Crippen MR) is 88.9 cm³/mol. The van der Waals surface area contributed by atoms with Crippen molar-refractivity contribution in [3.63, 3.8) is 0 Å². The maximum Gasteiger partial charge on any atom is 0.128 e. The van der Waals surface area contributed by atoms with E-state index in [1.165, 1.54) is 69.8 Å². The van der Waals surface area contributed by atoms with Crippen molar-refractivity contribution in [3.05, 3.63) is 23.9 Å². The van der Waals surface area contributed by atoms with Crippen LogP contribution in [-0.2, 0) is 0 Å². The molecule has 3 nitrogen and oxygen atoms in total. The summed E-state index contributed by atoms with van der Waals surface area (Å²) in [4.78, 5) is 9.75. The minimum atomic E-state index is 0.716. The molecule has 2 aliphatic rings. The topological polar surface area (TPSA) is 19.4 Å². The highest BCUT2D eigenvalue weighted by atomic mass is 15.2. The lowest BCUT2D eigenvalue weighted by molar-refractivity contribution is 0.192. The van der Waals surface area contributed by atoms with Crippen LogP contribution in [0.25, 0.3) is 0 Å². The number of hydrogen-bond acceptors (Lipinski definition) is 3. The van der Waals surface area contributed by atoms with Crippen LogP contribution in [0.1, 0.15) is 51.0 Å². The van der Waals surface area contributed by atoms with E-state index in [0.717, 1.165) is 5.92 Å². The van der Waals surface area contributed by atoms with Gasteiger partial charge in [-0.25, -0.2) is 4.98 Å². The molecule has 0 radical (unpaired) electrons. The lowest BCUT2D eigenvalue weighted by Gasteiger charge is -2.33. The first-order valence-electron chi connectivity index (χ1n) is 8.65. The molecular formula is C18H29N3. The molecule has 0 N–H and O–H groups in total. The van der Waals surface area contributed by atoms with Crippen molar-refractivity contribution in [1.29, 1.82) is 0 Å². The third kappa shape index (κ3) is 3.76. The first-order chi connectivity index (χ1) is 10.2. The maximum atomic E-state index is 4.72. The van der Waals surface area contributed by atoms with Crippen molar-refractivity contribution in [2.45, 2.75) is 45.4 Å². The van der Waals surface area contributed by atoms with Crippen LogP contribution in [0.15, 0.2) is 18.3 Å². The number of hydrogen-bond donors (Lipinski definition) is 0. The molecule has 1 aromatic rings. The van der Waals surface area contributed by atoms with Gasteiger partial charge in [0.25, 0.3) is 0 Å². The number of nitrogens with zero attached hydrogens (tertiary/aromatic N) is 3. The molecule has 0 aliphatic carbocycles. The molecule has 3 heterocycles. The zero-order valence-electron chi connectivity index (χ0n) is 13.6. The summed E-state index contributed by atoms with van der Waals surface area (Å²) < 4.78 is 0. The fraction of sp³-hybridized carbons (Fsp3) is 0.722. The average molecular weight is 287 g/mol. The monoisotopic (exact) mass is 287 g/mol. The van der Waals surface area contributed by atoms with E-state index in [-0.39, 0.29) is 0 Å². The van der Waals surface area contributed by atoms with Gasteiger partial charge in [0, 0.05) is 25.8 Å². The Labute approximate surface area is 129 Å². The van der Waals surface area contributed by atoms with Gasteiger partial charge in [-0.05, 0) is 62.2 Å². The van der Waals surface area contributed by atoms with E-state index in [1.807, 2.05) is 0 Å². The van der Waals surface area contributed by atoms with Crippen molar-refractivity contribution in [2.24, 2.45) is 5.92 Å². The molecule has 1 aromatic heterocycles. The summed E-state index contributed by atoms with van der Waals surface area (Å²) in [7, 11) is 0. The highest BCUT2D eigenvalue weighted by molar-refractivity contribution is 5.40. The van der Waals surface area contributed by atoms with Gasteiger partial charge in [0.15, 0.2) is 0 Å². The van der Waals surface area contributed by atoms with Crippen LogP contribution in [0.5, 0.6) is 0 Å². The summed E-state index contributed by atoms with van der Waals surface area (Å²) >= 11 is 0. The van der Waals surface area contributed by atoms with Gasteiger partial charge in [0.1, 0.15) is 5.82 Å². The van der Waals surface area contributed by atoms with Gasteiger partial charge in [-0.3, -0.25) is 0 Å². The Morgan fingerprint density at radius 1 is 1.10 bits per heavy atom. The van der Waals surface area contributed by atoms with Crippen molar-refractivity contribution in [3.8, 4) is 0 Å². The highest BCUT2D eigenvalue weighted by Crippen LogP contribution is 2.29. The number of anilines is 1. The molecule has 3 heteroatoms. The Morgan fingerprint density at radius 2 is 1.81 bits per heavy atom. The number of aromatic nitrogens is 1. The number of likely N-dealkylation sites (tertiary alicyclic amines) is 1. The van der Waals surface area contributed by atoms with Gasteiger partial charge in [0.05, 0.1) is 0 Å². The minimum absolute atomic E-state index is 0.716. The Bertz CT molecular complexity index is 426. The summed E-state index contributed by atoms with van der Waals surface area (Å²) in [6.45, 7) is 10.7. The zero-order valence-corrected chi connectivity index (χ0v) is 13.6. The number of piperidine rings is 1. The van der Waals surface area contributed by atoms with Crippen molar-refractivity contribution in [2.75, 3.05) is 37.6 Å². The Kier molecular flexibility index (Phi) is 4.79. The lowest BCUT2D eigenvalue weighted by Crippen LogP contribution is -2.35. The van der Waals surface area contributed by atoms with Gasteiger partial charge in [-0.15, -0.1) is 0 Å². The van der Waals surface area contributed by atoms with Gasteiger partial charge < -0.3 is 9.80 Å². The van der Waals surface area contributed by atoms with E-state index >= 15 is 0 Å². The number of rotatable bonds is 4. The van der Waals surface area contributed by atoms with E-state index in [2.05, 4.69) is 42.0 Å². The molecule has 0 atom stereocenters. The molecule has 2 saturated heterocycles. The molecule has 2 fully saturated rings. The smallest absolute Gasteiger partial charge is 0.128 e. The normalized spacial score (nSPS) is 21.4. The minimum Gasteiger partial charge on any atom is -0.357 e. The van der Waals surface area contributed by atoms with Crippen LogP contribution in [0.2, 0.25) is 0 Å². The second kappa shape index (κ2) is 6.78. The number of pyridine rings is 1. The quantitative estimate of drug-likeness (QED) is 0.844. The van der Waals surface area contributed by atoms with E-state index in [9.17, 15) is 0 Å². The van der Waals surface area contributed by atoms with E-state index < -0.39 is 0 Å². The SMILES string of the molecule is CC(C)CN1CCC(c2ccc(N3CCCC3)nc2)CC1. The van der Waals surface area contributed by atoms with Crippen LogP contribution < -0.4 is 4.90 Å². The third-order valence-electron chi connectivity index (χ3n) is 4.88. The average Bonchev–Trinajstić information content (AvgIpc) is 3.02. The van der Waals surface area contributed by atoms with Crippen LogP contribution >= 0.6 is 0 Å². The Morgan fingerprint density at radius 3 is 2.38 bits per heavy atom. The Balaban J connectivity index is 1.55. The predicted octanol–water partition coefficient (Wildman–Crippen LogP) is 3.52. The van der Waals surface area contributed by atoms with E-state index in [0.29, 0.717) is 5.92 Å². The second-order valence-corrected chi connectivity index (χ2v) is 7.11. The lowest BCUT2D eigenvalue weighted by atomic mass is 9.90. The Hall–Kier alpha value is -1.09. The van der Waals surface area contributed by atoms with E-state index in [1.54, 1.807) is 0 Å². The zero-order chi connectivity index (χ0) is 14.7. The first-order valence-corrected chi connectivity index (χ1v) is 8.65. The van der Waals surface area contributed by atoms with Gasteiger partial charge in [-0.2, -0.15) is 0 Å². The van der Waals surface area contributed by atoms with Crippen molar-refractivity contribution >= 4 is 5.82 Å². The largest absolute Gasteiger partial charge is 0.357 e. The summed E-state index contributed by atoms with van der Waals surface area (Å²) in [5.41, 5.74) is 1.45. The molecule has 0 amide bonds. The maximum absolute atomic E-state index is 4.72. The molecular weight excluding hydrogens is 258 g/mol. The summed E-state index contributed by atoms with van der Waals surface area (Å²) in [5, 5.41) is 0. The van der Waals surface area contributed by atoms with Gasteiger partial charge >= 0.3 is 0 Å². The standard InChI is InChI=1S/C18H29N3/c1-15(2)14-20-11-7-16(8-12-20)17-5-6-18(19-13-17)21-9-3-4-10-21/h5-6,13,15-16H,3-4,7-12,14H2,1-2H3. The molecule has 0 bridgehead atoms. The molecule has 0 unspecified atom stereocenters. The highest BCUT2D eigenvalue weighted by Gasteiger charge is 2.21. The van der Waals surface area contributed by atoms with Crippen LogP contribution in [0, 0.1) is 5.92 Å². The third-order valence-corrected chi connectivity index (χ3v) is 4.88. The van der Waals surface area contributed by atoms with Crippen molar-refractivity contribution in [1.82, 2.24) is 9.88 Å². The summed E-state index contributed by atoms with van der Waals surface area (Å²) in [5.74, 6) is 2.67. The van der Waals surface area contributed by atoms with E-state index in [4.69, 9.17) is 4.98 Å². The molecule has 2 aliphatic heterocycles. The van der Waals surface area contributed by atoms with Gasteiger partial charge in [-0.1, -0.05) is 19.9 Å². The first kappa shape index (κ1) is 14.8. The fourth-order valence-corrected chi connectivity index (χ4v) is 3.74. The molecule has 0 spiro atoms. The summed E-state index contributed by atoms with van der Waals surface area (Å²) in [6, 6.07) is 4.56. The summed E-state index contributed by atoms with van der Waals surface area (Å²) in [6.07, 6.45) is 7.35.